The van der Waals surface area contributed by atoms with Gasteiger partial charge in [0.05, 0.1) is 0 Å². The van der Waals surface area contributed by atoms with Gasteiger partial charge in [-0.25, -0.2) is 0 Å². The molecule has 0 aromatic carbocycles. The van der Waals surface area contributed by atoms with E-state index in [0.717, 1.165) is 5.75 Å². The van der Waals surface area contributed by atoms with E-state index >= 15 is 0 Å². The van der Waals surface area contributed by atoms with Gasteiger partial charge in [0.25, 0.3) is 0 Å². The van der Waals surface area contributed by atoms with Crippen molar-refractivity contribution in [2.45, 2.75) is 83.3 Å². The maximum absolute atomic E-state index is 12.2. The Labute approximate surface area is 110 Å². The molecule has 2 heteroatoms. The lowest BCUT2D eigenvalue weighted by molar-refractivity contribution is 0.390. The van der Waals surface area contributed by atoms with Gasteiger partial charge in [-0.05, 0) is 25.2 Å². The molecular formula is C15H30OS. The molecule has 0 spiro atoms. The van der Waals surface area contributed by atoms with Gasteiger partial charge in [-0.2, -0.15) is 0 Å². The predicted octanol–water partition coefficient (Wildman–Crippen LogP) is 4.67. The third-order valence-corrected chi connectivity index (χ3v) is 6.14. The number of rotatable bonds is 8. The molecule has 0 aliphatic heterocycles. The van der Waals surface area contributed by atoms with E-state index in [0.29, 0.717) is 11.2 Å². The van der Waals surface area contributed by atoms with Crippen molar-refractivity contribution < 1.29 is 4.21 Å². The zero-order chi connectivity index (χ0) is 12.5. The van der Waals surface area contributed by atoms with Crippen LogP contribution in [0, 0.1) is 5.92 Å². The Morgan fingerprint density at radius 1 is 1.00 bits per heavy atom. The second-order valence-corrected chi connectivity index (χ2v) is 7.43. The molecule has 3 atom stereocenters. The monoisotopic (exact) mass is 258 g/mol. The van der Waals surface area contributed by atoms with Gasteiger partial charge in [0.1, 0.15) is 0 Å². The highest BCUT2D eigenvalue weighted by Gasteiger charge is 2.25. The van der Waals surface area contributed by atoms with E-state index in [9.17, 15) is 4.21 Å². The predicted molar refractivity (Wildman–Crippen MR) is 77.8 cm³/mol. The molecule has 0 radical (unpaired) electrons. The molecule has 0 amide bonds. The molecule has 0 bridgehead atoms. The van der Waals surface area contributed by atoms with E-state index in [1.807, 2.05) is 0 Å². The fourth-order valence-electron chi connectivity index (χ4n) is 2.85. The SMILES string of the molecule is CCCCCCCCS(=O)C1CCCCC1C. The summed E-state index contributed by atoms with van der Waals surface area (Å²) in [5.41, 5.74) is 0. The average molecular weight is 258 g/mol. The number of unbranched alkanes of at least 4 members (excludes halogenated alkanes) is 5. The summed E-state index contributed by atoms with van der Waals surface area (Å²) in [5.74, 6) is 1.66. The van der Waals surface area contributed by atoms with Gasteiger partial charge in [0, 0.05) is 21.8 Å². The van der Waals surface area contributed by atoms with E-state index in [2.05, 4.69) is 13.8 Å². The zero-order valence-corrected chi connectivity index (χ0v) is 12.6. The topological polar surface area (TPSA) is 17.1 Å². The molecule has 1 rings (SSSR count). The maximum Gasteiger partial charge on any atom is 0.0373 e. The van der Waals surface area contributed by atoms with E-state index in [4.69, 9.17) is 0 Å². The first kappa shape index (κ1) is 15.2. The Morgan fingerprint density at radius 2 is 1.65 bits per heavy atom. The summed E-state index contributed by atoms with van der Waals surface area (Å²) >= 11 is 0. The Balaban J connectivity index is 2.07. The van der Waals surface area contributed by atoms with Crippen molar-refractivity contribution in [2.24, 2.45) is 5.92 Å². The van der Waals surface area contributed by atoms with Crippen molar-refractivity contribution >= 4 is 10.8 Å². The van der Waals surface area contributed by atoms with Crippen LogP contribution in [0.15, 0.2) is 0 Å². The quantitative estimate of drug-likeness (QED) is 0.578. The van der Waals surface area contributed by atoms with Gasteiger partial charge in [0.15, 0.2) is 0 Å². The molecule has 1 aliphatic carbocycles. The van der Waals surface area contributed by atoms with Crippen LogP contribution >= 0.6 is 0 Å². The minimum atomic E-state index is -0.544. The highest BCUT2D eigenvalue weighted by atomic mass is 32.2. The van der Waals surface area contributed by atoms with E-state index < -0.39 is 10.8 Å². The van der Waals surface area contributed by atoms with Crippen LogP contribution in [0.3, 0.4) is 0 Å². The fraction of sp³-hybridized carbons (Fsp3) is 1.00. The summed E-state index contributed by atoms with van der Waals surface area (Å²) in [5, 5.41) is 0.513. The summed E-state index contributed by atoms with van der Waals surface area (Å²) in [4.78, 5) is 0. The molecule has 17 heavy (non-hydrogen) atoms. The van der Waals surface area contributed by atoms with Crippen LogP contribution in [-0.4, -0.2) is 15.2 Å². The average Bonchev–Trinajstić information content (AvgIpc) is 2.34. The fourth-order valence-corrected chi connectivity index (χ4v) is 4.72. The molecule has 1 saturated carbocycles. The molecule has 0 saturated heterocycles. The Kier molecular flexibility index (Phi) is 8.17. The molecule has 1 aliphatic rings. The first-order valence-electron chi connectivity index (χ1n) is 7.63. The third kappa shape index (κ3) is 6.03. The first-order valence-corrected chi connectivity index (χ1v) is 9.01. The van der Waals surface area contributed by atoms with Gasteiger partial charge in [-0.1, -0.05) is 58.8 Å². The molecule has 3 unspecified atom stereocenters. The summed E-state index contributed by atoms with van der Waals surface area (Å²) < 4.78 is 12.2. The molecule has 0 N–H and O–H groups in total. The minimum absolute atomic E-state index is 0.513. The van der Waals surface area contributed by atoms with Gasteiger partial charge in [-0.3, -0.25) is 4.21 Å². The number of hydrogen-bond donors (Lipinski definition) is 0. The van der Waals surface area contributed by atoms with Crippen molar-refractivity contribution in [3.63, 3.8) is 0 Å². The van der Waals surface area contributed by atoms with Crippen LogP contribution in [0.4, 0.5) is 0 Å². The zero-order valence-electron chi connectivity index (χ0n) is 11.7. The maximum atomic E-state index is 12.2. The van der Waals surface area contributed by atoms with E-state index in [1.54, 1.807) is 0 Å². The second-order valence-electron chi connectivity index (χ2n) is 5.65. The van der Waals surface area contributed by atoms with Crippen LogP contribution in [0.25, 0.3) is 0 Å². The van der Waals surface area contributed by atoms with Gasteiger partial charge < -0.3 is 0 Å². The van der Waals surface area contributed by atoms with Crippen molar-refractivity contribution in [1.29, 1.82) is 0 Å². The Morgan fingerprint density at radius 3 is 2.35 bits per heavy atom. The Hall–Kier alpha value is 0.150. The van der Waals surface area contributed by atoms with Gasteiger partial charge in [-0.15, -0.1) is 0 Å². The van der Waals surface area contributed by atoms with Crippen molar-refractivity contribution in [2.75, 3.05) is 5.75 Å². The molecule has 1 nitrogen and oxygen atoms in total. The summed E-state index contributed by atoms with van der Waals surface area (Å²) in [6.07, 6.45) is 13.0. The normalized spacial score (nSPS) is 26.9. The second kappa shape index (κ2) is 9.13. The molecule has 0 heterocycles. The van der Waals surface area contributed by atoms with Crippen LogP contribution in [0.2, 0.25) is 0 Å². The van der Waals surface area contributed by atoms with Crippen LogP contribution in [0.5, 0.6) is 0 Å². The van der Waals surface area contributed by atoms with E-state index in [-0.39, 0.29) is 0 Å². The summed E-state index contributed by atoms with van der Waals surface area (Å²) in [6, 6.07) is 0. The molecule has 1 fully saturated rings. The van der Waals surface area contributed by atoms with Crippen LogP contribution in [-0.2, 0) is 10.8 Å². The number of hydrogen-bond acceptors (Lipinski definition) is 1. The Bertz CT molecular complexity index is 215. The molecule has 0 aromatic rings. The highest BCUT2D eigenvalue weighted by molar-refractivity contribution is 7.85. The lowest BCUT2D eigenvalue weighted by Gasteiger charge is -2.27. The summed E-state index contributed by atoms with van der Waals surface area (Å²) in [7, 11) is -0.544. The third-order valence-electron chi connectivity index (χ3n) is 4.07. The molecular weight excluding hydrogens is 228 g/mol. The smallest absolute Gasteiger partial charge is 0.0373 e. The van der Waals surface area contributed by atoms with E-state index in [1.165, 1.54) is 64.2 Å². The first-order chi connectivity index (χ1) is 8.25. The van der Waals surface area contributed by atoms with Gasteiger partial charge in [0.2, 0.25) is 0 Å². The largest absolute Gasteiger partial charge is 0.259 e. The van der Waals surface area contributed by atoms with Gasteiger partial charge >= 0.3 is 0 Å². The van der Waals surface area contributed by atoms with Crippen LogP contribution in [0.1, 0.15) is 78.1 Å². The molecule has 0 aromatic heterocycles. The summed E-state index contributed by atoms with van der Waals surface area (Å²) in [6.45, 7) is 4.54. The van der Waals surface area contributed by atoms with Crippen LogP contribution < -0.4 is 0 Å². The minimum Gasteiger partial charge on any atom is -0.259 e. The molecule has 102 valence electrons. The van der Waals surface area contributed by atoms with Crippen molar-refractivity contribution in [3.8, 4) is 0 Å². The standard InChI is InChI=1S/C15H30OS/c1-3-4-5-6-7-10-13-17(16)15-12-9-8-11-14(15)2/h14-15H,3-13H2,1-2H3. The van der Waals surface area contributed by atoms with Crippen molar-refractivity contribution in [1.82, 2.24) is 0 Å². The van der Waals surface area contributed by atoms with Crippen molar-refractivity contribution in [3.05, 3.63) is 0 Å². The lowest BCUT2D eigenvalue weighted by Crippen LogP contribution is -2.28. The lowest BCUT2D eigenvalue weighted by atomic mass is 9.90. The highest BCUT2D eigenvalue weighted by Crippen LogP contribution is 2.28.